The molecule has 3 aliphatic rings. The molecule has 40 heavy (non-hydrogen) atoms. The van der Waals surface area contributed by atoms with Gasteiger partial charge in [0, 0.05) is 25.4 Å². The van der Waals surface area contributed by atoms with Gasteiger partial charge in [0.1, 0.15) is 11.6 Å². The lowest BCUT2D eigenvalue weighted by atomic mass is 9.62. The number of benzene rings is 3. The van der Waals surface area contributed by atoms with E-state index in [0.717, 1.165) is 16.3 Å². The van der Waals surface area contributed by atoms with E-state index in [9.17, 15) is 19.5 Å². The van der Waals surface area contributed by atoms with Gasteiger partial charge in [0.15, 0.2) is 0 Å². The molecule has 1 spiro atoms. The van der Waals surface area contributed by atoms with Gasteiger partial charge in [0.05, 0.1) is 17.4 Å². The van der Waals surface area contributed by atoms with E-state index >= 15 is 0 Å². The van der Waals surface area contributed by atoms with Crippen LogP contribution in [0, 0.1) is 17.8 Å². The third-order valence-corrected chi connectivity index (χ3v) is 9.23. The molecule has 6 rings (SSSR count). The number of amides is 3. The van der Waals surface area contributed by atoms with Crippen LogP contribution >= 0.6 is 0 Å². The van der Waals surface area contributed by atoms with Gasteiger partial charge in [-0.3, -0.25) is 14.4 Å². The van der Waals surface area contributed by atoms with Gasteiger partial charge >= 0.3 is 0 Å². The highest BCUT2D eigenvalue weighted by Gasteiger charge is 2.79. The Bertz CT molecular complexity index is 1460. The van der Waals surface area contributed by atoms with Crippen LogP contribution in [0.2, 0.25) is 0 Å². The minimum atomic E-state index is -1.13. The van der Waals surface area contributed by atoms with Gasteiger partial charge in [0.25, 0.3) is 0 Å². The average Bonchev–Trinajstić information content (AvgIpc) is 3.47. The van der Waals surface area contributed by atoms with Crippen molar-refractivity contribution in [3.8, 4) is 0 Å². The minimum absolute atomic E-state index is 0.0437. The summed E-state index contributed by atoms with van der Waals surface area (Å²) in [5.74, 6) is -2.40. The molecule has 3 aromatic rings. The van der Waals surface area contributed by atoms with Crippen molar-refractivity contribution in [2.75, 3.05) is 18.5 Å². The zero-order valence-corrected chi connectivity index (χ0v) is 22.8. The number of ether oxygens (including phenoxy) is 1. The van der Waals surface area contributed by atoms with Crippen molar-refractivity contribution in [1.29, 1.82) is 0 Å². The highest BCUT2D eigenvalue weighted by atomic mass is 16.5. The maximum absolute atomic E-state index is 14.1. The molecule has 3 N–H and O–H groups in total. The fourth-order valence-corrected chi connectivity index (χ4v) is 7.29. The summed E-state index contributed by atoms with van der Waals surface area (Å²) in [4.78, 5) is 43.4. The number of anilines is 1. The average molecular weight is 542 g/mol. The number of fused-ring (bicyclic) bond motifs is 2. The van der Waals surface area contributed by atoms with E-state index < -0.39 is 29.1 Å². The fourth-order valence-electron chi connectivity index (χ4n) is 7.29. The van der Waals surface area contributed by atoms with E-state index in [1.165, 1.54) is 4.90 Å². The Morgan fingerprint density at radius 2 is 1.75 bits per heavy atom. The number of aliphatic hydroxyl groups excluding tert-OH is 1. The van der Waals surface area contributed by atoms with Gasteiger partial charge in [-0.2, -0.15) is 0 Å². The zero-order chi connectivity index (χ0) is 28.1. The van der Waals surface area contributed by atoms with Crippen molar-refractivity contribution < 1.29 is 24.2 Å². The fraction of sp³-hybridized carbons (Fsp3) is 0.406. The Morgan fingerprint density at radius 3 is 2.50 bits per heavy atom. The molecule has 0 saturated carbocycles. The van der Waals surface area contributed by atoms with Crippen molar-refractivity contribution in [1.82, 2.24) is 10.2 Å². The topological polar surface area (TPSA) is 108 Å². The predicted octanol–water partition coefficient (Wildman–Crippen LogP) is 3.49. The van der Waals surface area contributed by atoms with Crippen molar-refractivity contribution in [3.05, 3.63) is 78.4 Å². The number of rotatable bonds is 8. The molecule has 3 aromatic carbocycles. The molecule has 6 atom stereocenters. The summed E-state index contributed by atoms with van der Waals surface area (Å²) in [7, 11) is 0. The highest BCUT2D eigenvalue weighted by Crippen LogP contribution is 2.65. The quantitative estimate of drug-likeness (QED) is 0.405. The van der Waals surface area contributed by atoms with Gasteiger partial charge in [-0.05, 0) is 54.2 Å². The number of hydrogen-bond acceptors (Lipinski definition) is 5. The van der Waals surface area contributed by atoms with E-state index in [-0.39, 0.29) is 36.8 Å². The molecule has 0 radical (unpaired) electrons. The normalized spacial score (nSPS) is 30.5. The zero-order valence-electron chi connectivity index (χ0n) is 22.8. The van der Waals surface area contributed by atoms with Gasteiger partial charge < -0.3 is 25.4 Å². The van der Waals surface area contributed by atoms with Gasteiger partial charge in [-0.25, -0.2) is 0 Å². The van der Waals surface area contributed by atoms with Gasteiger partial charge in [-0.1, -0.05) is 67.6 Å². The summed E-state index contributed by atoms with van der Waals surface area (Å²) in [5, 5.41) is 17.7. The third kappa shape index (κ3) is 4.09. The van der Waals surface area contributed by atoms with Crippen LogP contribution in [0.5, 0.6) is 0 Å². The maximum atomic E-state index is 14.1. The summed E-state index contributed by atoms with van der Waals surface area (Å²) in [6, 6.07) is 22.3. The van der Waals surface area contributed by atoms with Crippen molar-refractivity contribution in [3.63, 3.8) is 0 Å². The van der Waals surface area contributed by atoms with E-state index in [1.54, 1.807) is 0 Å². The molecule has 2 bridgehead atoms. The maximum Gasteiger partial charge on any atom is 0.250 e. The van der Waals surface area contributed by atoms with Crippen LogP contribution < -0.4 is 10.6 Å². The number of carbonyl (C=O) groups is 3. The van der Waals surface area contributed by atoms with Gasteiger partial charge in [-0.15, -0.1) is 0 Å². The molecule has 0 aliphatic carbocycles. The van der Waals surface area contributed by atoms with Crippen LogP contribution in [0.4, 0.5) is 5.69 Å². The summed E-state index contributed by atoms with van der Waals surface area (Å²) < 4.78 is 6.75. The predicted molar refractivity (Wildman–Crippen MR) is 151 cm³/mol. The number of carbonyl (C=O) groups excluding carboxylic acids is 3. The molecule has 3 aliphatic heterocycles. The molecule has 3 heterocycles. The summed E-state index contributed by atoms with van der Waals surface area (Å²) in [6.45, 7) is 4.37. The van der Waals surface area contributed by atoms with Crippen molar-refractivity contribution in [2.24, 2.45) is 17.8 Å². The lowest BCUT2D eigenvalue weighted by Gasteiger charge is -2.36. The first kappa shape index (κ1) is 26.5. The molecule has 3 fully saturated rings. The van der Waals surface area contributed by atoms with Crippen LogP contribution in [-0.2, 0) is 25.7 Å². The molecule has 208 valence electrons. The number of hydrogen-bond donors (Lipinski definition) is 3. The molecule has 8 heteroatoms. The van der Waals surface area contributed by atoms with Crippen LogP contribution in [0.3, 0.4) is 0 Å². The Balaban J connectivity index is 1.33. The van der Waals surface area contributed by atoms with Crippen LogP contribution in [0.1, 0.15) is 32.3 Å². The Morgan fingerprint density at radius 1 is 1.02 bits per heavy atom. The van der Waals surface area contributed by atoms with Gasteiger partial charge in [0.2, 0.25) is 17.7 Å². The first-order valence-corrected chi connectivity index (χ1v) is 14.0. The van der Waals surface area contributed by atoms with Crippen molar-refractivity contribution >= 4 is 34.2 Å². The molecule has 8 nitrogen and oxygen atoms in total. The molecule has 0 aromatic heterocycles. The van der Waals surface area contributed by atoms with Crippen molar-refractivity contribution in [2.45, 2.75) is 50.5 Å². The van der Waals surface area contributed by atoms with E-state index in [4.69, 9.17) is 4.74 Å². The largest absolute Gasteiger partial charge is 0.396 e. The minimum Gasteiger partial charge on any atom is -0.396 e. The number of likely N-dealkylation sites (tertiary alicyclic amines) is 1. The molecule has 3 amide bonds. The van der Waals surface area contributed by atoms with Crippen LogP contribution in [-0.4, -0.2) is 58.1 Å². The Hall–Kier alpha value is -3.75. The smallest absolute Gasteiger partial charge is 0.250 e. The molecular formula is C32H35N3O5. The number of nitrogens with zero attached hydrogens (tertiary/aromatic N) is 1. The lowest BCUT2D eigenvalue weighted by Crippen LogP contribution is -2.54. The summed E-state index contributed by atoms with van der Waals surface area (Å²) in [6.07, 6.45) is 0.819. The summed E-state index contributed by atoms with van der Waals surface area (Å²) in [5.41, 5.74) is -0.424. The SMILES string of the molecule is CC1CC23O[C@@]1(C)[C@H](C(=O)NCc1ccccc1)[C@H]2C(=O)N(CCCO)C3C(=O)Nc1ccc2ccccc2c1. The third-order valence-electron chi connectivity index (χ3n) is 9.23. The Kier molecular flexibility index (Phi) is 6.63. The first-order chi connectivity index (χ1) is 19.3. The second-order valence-corrected chi connectivity index (χ2v) is 11.6. The molecular weight excluding hydrogens is 506 g/mol. The van der Waals surface area contributed by atoms with Crippen LogP contribution in [0.15, 0.2) is 72.8 Å². The first-order valence-electron chi connectivity index (χ1n) is 14.0. The second-order valence-electron chi connectivity index (χ2n) is 11.6. The number of nitrogens with one attached hydrogen (secondary N) is 2. The number of aliphatic hydroxyl groups is 1. The van der Waals surface area contributed by atoms with E-state index in [2.05, 4.69) is 10.6 Å². The van der Waals surface area contributed by atoms with E-state index in [1.807, 2.05) is 86.6 Å². The Labute approximate surface area is 233 Å². The standard InChI is InChI=1S/C32H35N3O5/c1-20-18-32-26(25(31(20,2)40-32)28(37)33-19-21-9-4-3-5-10-21)30(39)35(15-8-16-36)27(32)29(38)34-24-14-13-22-11-6-7-12-23(22)17-24/h3-7,9-14,17,20,25-27,36H,8,15-16,18-19H2,1-2H3,(H,33,37)(H,34,38)/t20?,25-,26-,27?,31+,32?/m0/s1. The monoisotopic (exact) mass is 541 g/mol. The second kappa shape index (κ2) is 10.0. The van der Waals surface area contributed by atoms with E-state index in [0.29, 0.717) is 25.1 Å². The molecule has 3 saturated heterocycles. The lowest BCUT2D eigenvalue weighted by molar-refractivity contribution is -0.146. The summed E-state index contributed by atoms with van der Waals surface area (Å²) >= 11 is 0. The highest BCUT2D eigenvalue weighted by molar-refractivity contribution is 6.04. The molecule has 3 unspecified atom stereocenters. The van der Waals surface area contributed by atoms with Crippen LogP contribution in [0.25, 0.3) is 10.8 Å².